The van der Waals surface area contributed by atoms with E-state index < -0.39 is 24.0 Å². The molecule has 0 heterocycles. The Morgan fingerprint density at radius 2 is 1.95 bits per heavy atom. The number of amides is 1. The number of carboxylic acids is 1. The number of carbonyl (C=O) groups is 2. The molecule has 0 aliphatic heterocycles. The first-order chi connectivity index (χ1) is 10.4. The molecule has 5 heteroatoms. The average molecular weight is 305 g/mol. The van der Waals surface area contributed by atoms with Crippen LogP contribution >= 0.6 is 0 Å². The number of carboxylic acid groups (broad SMARTS) is 1. The summed E-state index contributed by atoms with van der Waals surface area (Å²) in [7, 11) is 0. The fraction of sp³-hybridized carbons (Fsp3) is 0.412. The van der Waals surface area contributed by atoms with Crippen molar-refractivity contribution in [2.75, 3.05) is 0 Å². The number of hydrogen-bond acceptors (Lipinski definition) is 3. The second kappa shape index (κ2) is 8.22. The monoisotopic (exact) mass is 305 g/mol. The van der Waals surface area contributed by atoms with Crippen molar-refractivity contribution in [2.45, 2.75) is 39.3 Å². The van der Waals surface area contributed by atoms with Crippen LogP contribution in [-0.2, 0) is 16.0 Å². The Bertz CT molecular complexity index is 539. The van der Waals surface area contributed by atoms with E-state index in [0.29, 0.717) is 12.2 Å². The Morgan fingerprint density at radius 1 is 1.32 bits per heavy atom. The molecule has 0 saturated heterocycles. The minimum Gasteiger partial charge on any atom is -0.480 e. The Morgan fingerprint density at radius 3 is 2.50 bits per heavy atom. The molecule has 22 heavy (non-hydrogen) atoms. The fourth-order valence-electron chi connectivity index (χ4n) is 1.93. The maximum Gasteiger partial charge on any atom is 0.325 e. The van der Waals surface area contributed by atoms with Gasteiger partial charge in [0.15, 0.2) is 6.10 Å². The summed E-state index contributed by atoms with van der Waals surface area (Å²) in [5.74, 6) is -1.00. The van der Waals surface area contributed by atoms with Gasteiger partial charge in [0.05, 0.1) is 0 Å². The zero-order valence-corrected chi connectivity index (χ0v) is 13.2. The standard InChI is InChI=1S/C17H23NO4/c1-5-8-13-9-6-7-10-14(13)22-15(11(2)3)16(19)18-12(4)17(20)21/h5-7,9-12,15H,1,8H2,2-4H3,(H,18,19)(H,20,21). The van der Waals surface area contributed by atoms with Crippen LogP contribution in [0.3, 0.4) is 0 Å². The third kappa shape index (κ3) is 4.91. The van der Waals surface area contributed by atoms with Gasteiger partial charge in [-0.1, -0.05) is 38.1 Å². The number of benzene rings is 1. The number of aliphatic carboxylic acids is 1. The molecule has 2 atom stereocenters. The van der Waals surface area contributed by atoms with Gasteiger partial charge in [-0.05, 0) is 30.9 Å². The van der Waals surface area contributed by atoms with Crippen LogP contribution in [0.5, 0.6) is 5.75 Å². The van der Waals surface area contributed by atoms with Crippen molar-refractivity contribution in [2.24, 2.45) is 5.92 Å². The van der Waals surface area contributed by atoms with Gasteiger partial charge >= 0.3 is 5.97 Å². The van der Waals surface area contributed by atoms with Crippen molar-refractivity contribution in [3.8, 4) is 5.75 Å². The summed E-state index contributed by atoms with van der Waals surface area (Å²) in [4.78, 5) is 23.1. The van der Waals surface area contributed by atoms with Crippen molar-refractivity contribution in [3.63, 3.8) is 0 Å². The first kappa shape index (κ1) is 17.8. The van der Waals surface area contributed by atoms with Gasteiger partial charge in [0.25, 0.3) is 5.91 Å². The predicted molar refractivity (Wildman–Crippen MR) is 84.8 cm³/mol. The van der Waals surface area contributed by atoms with Gasteiger partial charge in [0.1, 0.15) is 11.8 Å². The maximum atomic E-state index is 12.3. The van der Waals surface area contributed by atoms with Crippen LogP contribution in [0.15, 0.2) is 36.9 Å². The first-order valence-corrected chi connectivity index (χ1v) is 7.25. The lowest BCUT2D eigenvalue weighted by atomic mass is 10.1. The van der Waals surface area contributed by atoms with E-state index in [9.17, 15) is 9.59 Å². The highest BCUT2D eigenvalue weighted by Gasteiger charge is 2.27. The van der Waals surface area contributed by atoms with Gasteiger partial charge in [0.2, 0.25) is 0 Å². The Hall–Kier alpha value is -2.30. The second-order valence-corrected chi connectivity index (χ2v) is 5.45. The first-order valence-electron chi connectivity index (χ1n) is 7.25. The van der Waals surface area contributed by atoms with Crippen LogP contribution in [0.2, 0.25) is 0 Å². The van der Waals surface area contributed by atoms with Gasteiger partial charge in [0, 0.05) is 0 Å². The molecule has 0 aliphatic carbocycles. The molecule has 1 aromatic rings. The molecule has 0 aromatic heterocycles. The molecule has 0 spiro atoms. The largest absolute Gasteiger partial charge is 0.480 e. The Kier molecular flexibility index (Phi) is 6.63. The smallest absolute Gasteiger partial charge is 0.325 e. The third-order valence-corrected chi connectivity index (χ3v) is 3.18. The van der Waals surface area contributed by atoms with E-state index in [4.69, 9.17) is 9.84 Å². The number of rotatable bonds is 8. The lowest BCUT2D eigenvalue weighted by Gasteiger charge is -2.24. The molecule has 0 saturated carbocycles. The molecule has 1 aromatic carbocycles. The van der Waals surface area contributed by atoms with Gasteiger partial charge in [-0.15, -0.1) is 6.58 Å². The number of carbonyl (C=O) groups excluding carboxylic acids is 1. The van der Waals surface area contributed by atoms with Crippen LogP contribution < -0.4 is 10.1 Å². The minimum absolute atomic E-state index is 0.0993. The van der Waals surface area contributed by atoms with Crippen LogP contribution in [0, 0.1) is 5.92 Å². The van der Waals surface area contributed by atoms with Gasteiger partial charge in [-0.2, -0.15) is 0 Å². The van der Waals surface area contributed by atoms with Crippen LogP contribution in [-0.4, -0.2) is 29.1 Å². The maximum absolute atomic E-state index is 12.3. The van der Waals surface area contributed by atoms with E-state index >= 15 is 0 Å². The normalized spacial score (nSPS) is 13.3. The summed E-state index contributed by atoms with van der Waals surface area (Å²) < 4.78 is 5.85. The molecule has 0 bridgehead atoms. The summed E-state index contributed by atoms with van der Waals surface area (Å²) >= 11 is 0. The molecule has 2 unspecified atom stereocenters. The third-order valence-electron chi connectivity index (χ3n) is 3.18. The van der Waals surface area contributed by atoms with E-state index in [2.05, 4.69) is 11.9 Å². The average Bonchev–Trinajstić information content (AvgIpc) is 2.45. The molecule has 0 fully saturated rings. The van der Waals surface area contributed by atoms with Gasteiger partial charge in [-0.3, -0.25) is 9.59 Å². The SMILES string of the molecule is C=CCc1ccccc1OC(C(=O)NC(C)C(=O)O)C(C)C. The van der Waals surface area contributed by atoms with Crippen molar-refractivity contribution in [1.29, 1.82) is 0 Å². The van der Waals surface area contributed by atoms with Gasteiger partial charge in [-0.25, -0.2) is 0 Å². The van der Waals surface area contributed by atoms with Crippen molar-refractivity contribution >= 4 is 11.9 Å². The molecule has 1 rings (SSSR count). The second-order valence-electron chi connectivity index (χ2n) is 5.45. The molecule has 0 radical (unpaired) electrons. The summed E-state index contributed by atoms with van der Waals surface area (Å²) in [6, 6.07) is 6.47. The Balaban J connectivity index is 2.91. The highest BCUT2D eigenvalue weighted by atomic mass is 16.5. The molecular formula is C17H23NO4. The highest BCUT2D eigenvalue weighted by molar-refractivity contribution is 5.86. The summed E-state index contributed by atoms with van der Waals surface area (Å²) in [6.07, 6.45) is 1.64. The predicted octanol–water partition coefficient (Wildman–Crippen LogP) is 2.41. The van der Waals surface area contributed by atoms with Crippen molar-refractivity contribution in [1.82, 2.24) is 5.32 Å². The molecule has 0 aliphatic rings. The van der Waals surface area contributed by atoms with Crippen molar-refractivity contribution in [3.05, 3.63) is 42.5 Å². The minimum atomic E-state index is -1.08. The molecule has 120 valence electrons. The number of allylic oxidation sites excluding steroid dienone is 1. The molecular weight excluding hydrogens is 282 g/mol. The number of ether oxygens (including phenoxy) is 1. The number of hydrogen-bond donors (Lipinski definition) is 2. The van der Waals surface area contributed by atoms with Gasteiger partial charge < -0.3 is 15.2 Å². The summed E-state index contributed by atoms with van der Waals surface area (Å²) in [6.45, 7) is 8.83. The molecule has 2 N–H and O–H groups in total. The topological polar surface area (TPSA) is 75.6 Å². The zero-order chi connectivity index (χ0) is 16.7. The van der Waals surface area contributed by atoms with Crippen LogP contribution in [0.4, 0.5) is 0 Å². The molecule has 5 nitrogen and oxygen atoms in total. The lowest BCUT2D eigenvalue weighted by molar-refractivity contribution is -0.143. The fourth-order valence-corrected chi connectivity index (χ4v) is 1.93. The van der Waals surface area contributed by atoms with Crippen molar-refractivity contribution < 1.29 is 19.4 Å². The van der Waals surface area contributed by atoms with E-state index in [1.807, 2.05) is 32.0 Å². The van der Waals surface area contributed by atoms with E-state index in [-0.39, 0.29) is 5.92 Å². The number of nitrogens with one attached hydrogen (secondary N) is 1. The van der Waals surface area contributed by atoms with E-state index in [0.717, 1.165) is 5.56 Å². The van der Waals surface area contributed by atoms with E-state index in [1.165, 1.54) is 6.92 Å². The van der Waals surface area contributed by atoms with Crippen LogP contribution in [0.1, 0.15) is 26.3 Å². The quantitative estimate of drug-likeness (QED) is 0.723. The molecule has 1 amide bonds. The highest BCUT2D eigenvalue weighted by Crippen LogP contribution is 2.22. The summed E-state index contributed by atoms with van der Waals surface area (Å²) in [5, 5.41) is 11.3. The van der Waals surface area contributed by atoms with Crippen LogP contribution in [0.25, 0.3) is 0 Å². The number of para-hydroxylation sites is 1. The van der Waals surface area contributed by atoms with E-state index in [1.54, 1.807) is 12.1 Å². The summed E-state index contributed by atoms with van der Waals surface area (Å²) in [5.41, 5.74) is 0.933. The Labute approximate surface area is 131 Å². The zero-order valence-electron chi connectivity index (χ0n) is 13.2. The lowest BCUT2D eigenvalue weighted by Crippen LogP contribution is -2.47.